The van der Waals surface area contributed by atoms with Crippen molar-refractivity contribution < 1.29 is 9.90 Å². The Balaban J connectivity index is 1.93. The minimum absolute atomic E-state index is 0.214. The van der Waals surface area contributed by atoms with Crippen molar-refractivity contribution in [3.8, 4) is 0 Å². The van der Waals surface area contributed by atoms with E-state index in [0.717, 1.165) is 41.4 Å². The van der Waals surface area contributed by atoms with Crippen LogP contribution in [0, 0.1) is 12.8 Å². The van der Waals surface area contributed by atoms with Gasteiger partial charge in [-0.1, -0.05) is 6.92 Å². The lowest BCUT2D eigenvalue weighted by atomic mass is 9.97. The fourth-order valence-corrected chi connectivity index (χ4v) is 3.82. The van der Waals surface area contributed by atoms with Crippen LogP contribution in [0.4, 0.5) is 5.82 Å². The molecule has 2 aromatic rings. The van der Waals surface area contributed by atoms with E-state index in [4.69, 9.17) is 5.11 Å². The van der Waals surface area contributed by atoms with Gasteiger partial charge in [-0.3, -0.25) is 4.79 Å². The van der Waals surface area contributed by atoms with E-state index in [9.17, 15) is 4.79 Å². The van der Waals surface area contributed by atoms with Crippen LogP contribution in [0.3, 0.4) is 0 Å². The van der Waals surface area contributed by atoms with Crippen LogP contribution in [-0.2, 0) is 11.2 Å². The van der Waals surface area contributed by atoms with Gasteiger partial charge >= 0.3 is 5.97 Å². The van der Waals surface area contributed by atoms with Crippen molar-refractivity contribution in [3.05, 3.63) is 16.8 Å². The van der Waals surface area contributed by atoms with Crippen LogP contribution in [0.5, 0.6) is 0 Å². The molecule has 0 atom stereocenters. The van der Waals surface area contributed by atoms with Gasteiger partial charge in [0.05, 0.1) is 11.3 Å². The molecule has 0 bridgehead atoms. The summed E-state index contributed by atoms with van der Waals surface area (Å²) in [6.07, 6.45) is 2.37. The zero-order valence-electron chi connectivity index (χ0n) is 12.3. The van der Waals surface area contributed by atoms with Crippen LogP contribution < -0.4 is 4.90 Å². The molecule has 21 heavy (non-hydrogen) atoms. The number of hydrogen-bond acceptors (Lipinski definition) is 5. The lowest BCUT2D eigenvalue weighted by Crippen LogP contribution is -2.37. The minimum Gasteiger partial charge on any atom is -0.481 e. The number of thiophene rings is 1. The molecule has 0 unspecified atom stereocenters. The number of carbonyl (C=O) groups is 1. The number of rotatable bonds is 3. The molecule has 0 saturated carbocycles. The number of hydrogen-bond donors (Lipinski definition) is 1. The number of aryl methyl sites for hydroxylation is 2. The summed E-state index contributed by atoms with van der Waals surface area (Å²) in [6.45, 7) is 5.56. The van der Waals surface area contributed by atoms with Gasteiger partial charge in [-0.25, -0.2) is 9.97 Å². The standard InChI is InChI=1S/C15H19N3O2S/c1-3-11-8-12-13(16-9(2)17-14(12)21-11)18-6-4-10(5-7-18)15(19)20/h8,10H,3-7H2,1-2H3,(H,19,20). The van der Waals surface area contributed by atoms with E-state index in [1.54, 1.807) is 11.3 Å². The number of aliphatic carboxylic acids is 1. The Bertz CT molecular complexity index is 675. The Kier molecular flexibility index (Phi) is 3.80. The van der Waals surface area contributed by atoms with Gasteiger partial charge in [-0.15, -0.1) is 11.3 Å². The molecular formula is C15H19N3O2S. The van der Waals surface area contributed by atoms with Crippen molar-refractivity contribution >= 4 is 33.3 Å². The van der Waals surface area contributed by atoms with Gasteiger partial charge in [-0.2, -0.15) is 0 Å². The van der Waals surface area contributed by atoms with E-state index in [-0.39, 0.29) is 5.92 Å². The Morgan fingerprint density at radius 3 is 2.76 bits per heavy atom. The third kappa shape index (κ3) is 2.72. The zero-order valence-corrected chi connectivity index (χ0v) is 13.1. The second-order valence-electron chi connectivity index (χ2n) is 5.48. The second kappa shape index (κ2) is 5.60. The number of nitrogens with zero attached hydrogens (tertiary/aromatic N) is 3. The molecule has 112 valence electrons. The van der Waals surface area contributed by atoms with E-state index in [1.165, 1.54) is 4.88 Å². The summed E-state index contributed by atoms with van der Waals surface area (Å²) < 4.78 is 0. The topological polar surface area (TPSA) is 66.3 Å². The van der Waals surface area contributed by atoms with Crippen molar-refractivity contribution in [1.29, 1.82) is 0 Å². The highest BCUT2D eigenvalue weighted by Gasteiger charge is 2.26. The third-order valence-electron chi connectivity index (χ3n) is 4.03. The van der Waals surface area contributed by atoms with Crippen LogP contribution in [0.1, 0.15) is 30.5 Å². The number of aromatic nitrogens is 2. The van der Waals surface area contributed by atoms with Crippen molar-refractivity contribution in [1.82, 2.24) is 9.97 Å². The summed E-state index contributed by atoms with van der Waals surface area (Å²) in [7, 11) is 0. The van der Waals surface area contributed by atoms with Gasteiger partial charge < -0.3 is 10.0 Å². The van der Waals surface area contributed by atoms with Crippen LogP contribution >= 0.6 is 11.3 Å². The number of carboxylic acids is 1. The van der Waals surface area contributed by atoms with Crippen molar-refractivity contribution in [3.63, 3.8) is 0 Å². The van der Waals surface area contributed by atoms with E-state index in [2.05, 4.69) is 27.9 Å². The predicted octanol–water partition coefficient (Wildman–Crippen LogP) is 2.86. The zero-order chi connectivity index (χ0) is 15.0. The van der Waals surface area contributed by atoms with Crippen molar-refractivity contribution in [2.24, 2.45) is 5.92 Å². The highest BCUT2D eigenvalue weighted by molar-refractivity contribution is 7.18. The molecule has 2 aromatic heterocycles. The van der Waals surface area contributed by atoms with Crippen molar-refractivity contribution in [2.75, 3.05) is 18.0 Å². The highest BCUT2D eigenvalue weighted by Crippen LogP contribution is 2.33. The van der Waals surface area contributed by atoms with Crippen LogP contribution in [0.25, 0.3) is 10.2 Å². The largest absolute Gasteiger partial charge is 0.481 e. The van der Waals surface area contributed by atoms with Gasteiger partial charge in [-0.05, 0) is 32.3 Å². The first-order valence-corrected chi connectivity index (χ1v) is 8.15. The van der Waals surface area contributed by atoms with Gasteiger partial charge in [0.15, 0.2) is 0 Å². The van der Waals surface area contributed by atoms with E-state index < -0.39 is 5.97 Å². The molecule has 6 heteroatoms. The maximum Gasteiger partial charge on any atom is 0.306 e. The number of carboxylic acid groups (broad SMARTS) is 1. The summed E-state index contributed by atoms with van der Waals surface area (Å²) in [5, 5.41) is 10.2. The Morgan fingerprint density at radius 2 is 2.14 bits per heavy atom. The Morgan fingerprint density at radius 1 is 1.43 bits per heavy atom. The van der Waals surface area contributed by atoms with Crippen molar-refractivity contribution in [2.45, 2.75) is 33.1 Å². The Hall–Kier alpha value is -1.69. The molecule has 1 N–H and O–H groups in total. The molecule has 1 aliphatic rings. The third-order valence-corrected chi connectivity index (χ3v) is 5.20. The summed E-state index contributed by atoms with van der Waals surface area (Å²) in [6, 6.07) is 2.18. The molecular weight excluding hydrogens is 286 g/mol. The van der Waals surface area contributed by atoms with Crippen LogP contribution in [0.15, 0.2) is 6.07 Å². The first-order chi connectivity index (χ1) is 10.1. The van der Waals surface area contributed by atoms with Crippen LogP contribution in [-0.4, -0.2) is 34.1 Å². The number of piperidine rings is 1. The monoisotopic (exact) mass is 305 g/mol. The molecule has 3 rings (SSSR count). The van der Waals surface area contributed by atoms with Gasteiger partial charge in [0.2, 0.25) is 0 Å². The molecule has 0 radical (unpaired) electrons. The van der Waals surface area contributed by atoms with E-state index >= 15 is 0 Å². The quantitative estimate of drug-likeness (QED) is 0.944. The number of anilines is 1. The smallest absolute Gasteiger partial charge is 0.306 e. The minimum atomic E-state index is -0.678. The normalized spacial score (nSPS) is 16.6. The maximum absolute atomic E-state index is 11.1. The van der Waals surface area contributed by atoms with E-state index in [0.29, 0.717) is 12.8 Å². The predicted molar refractivity (Wildman–Crippen MR) is 84.1 cm³/mol. The average Bonchev–Trinajstić information content (AvgIpc) is 2.89. The Labute approximate surface area is 127 Å². The summed E-state index contributed by atoms with van der Waals surface area (Å²) in [4.78, 5) is 24.8. The molecule has 0 aliphatic carbocycles. The molecule has 5 nitrogen and oxygen atoms in total. The lowest BCUT2D eigenvalue weighted by molar-refractivity contribution is -0.142. The molecule has 0 amide bonds. The molecule has 1 fully saturated rings. The summed E-state index contributed by atoms with van der Waals surface area (Å²) in [5.74, 6) is 0.857. The first-order valence-electron chi connectivity index (χ1n) is 7.33. The van der Waals surface area contributed by atoms with Gasteiger partial charge in [0, 0.05) is 18.0 Å². The molecule has 0 spiro atoms. The second-order valence-corrected chi connectivity index (χ2v) is 6.59. The van der Waals surface area contributed by atoms with Gasteiger partial charge in [0.25, 0.3) is 0 Å². The first kappa shape index (κ1) is 14.3. The average molecular weight is 305 g/mol. The molecule has 0 aromatic carbocycles. The summed E-state index contributed by atoms with van der Waals surface area (Å²) >= 11 is 1.72. The highest BCUT2D eigenvalue weighted by atomic mass is 32.1. The number of fused-ring (bicyclic) bond motifs is 1. The molecule has 1 saturated heterocycles. The van der Waals surface area contributed by atoms with Crippen LogP contribution in [0.2, 0.25) is 0 Å². The molecule has 1 aliphatic heterocycles. The maximum atomic E-state index is 11.1. The summed E-state index contributed by atoms with van der Waals surface area (Å²) in [5.41, 5.74) is 0. The fraction of sp³-hybridized carbons (Fsp3) is 0.533. The molecule has 3 heterocycles. The fourth-order valence-electron chi connectivity index (χ4n) is 2.81. The van der Waals surface area contributed by atoms with E-state index in [1.807, 2.05) is 6.92 Å². The SMILES string of the molecule is CCc1cc2c(N3CCC(C(=O)O)CC3)nc(C)nc2s1. The van der Waals surface area contributed by atoms with Gasteiger partial charge in [0.1, 0.15) is 16.5 Å². The lowest BCUT2D eigenvalue weighted by Gasteiger charge is -2.31.